The third kappa shape index (κ3) is 12.8. The third-order valence-electron chi connectivity index (χ3n) is 17.3. The molecule has 7 rings (SSSR count). The average molecular weight is 1100 g/mol. The topological polar surface area (TPSA) is 233 Å². The maximum Gasteiger partial charge on any atom is 0.311 e. The fourth-order valence-corrected chi connectivity index (χ4v) is 13.6. The number of esters is 1. The zero-order valence-corrected chi connectivity index (χ0v) is 48.6. The summed E-state index contributed by atoms with van der Waals surface area (Å²) in [6.07, 6.45) is -8.35. The molecule has 0 unspecified atom stereocenters. The first-order chi connectivity index (χ1) is 36.2. The molecule has 0 aliphatic carbocycles. The number of para-hydroxylation sites is 2. The maximum atomic E-state index is 14.7. The largest absolute Gasteiger partial charge is 0.459 e. The van der Waals surface area contributed by atoms with Crippen LogP contribution in [0.25, 0.3) is 21.6 Å². The van der Waals surface area contributed by atoms with E-state index in [1.54, 1.807) is 41.5 Å². The van der Waals surface area contributed by atoms with E-state index >= 15 is 0 Å². The molecular formula is C58H89N5O13S. The highest BCUT2D eigenvalue weighted by molar-refractivity contribution is 7.18. The minimum atomic E-state index is -1.86. The molecule has 18 nitrogen and oxygen atoms in total. The molecule has 8 N–H and O–H groups in total. The Morgan fingerprint density at radius 2 is 1.56 bits per heavy atom. The van der Waals surface area contributed by atoms with Crippen LogP contribution >= 0.6 is 11.3 Å². The lowest BCUT2D eigenvalue weighted by atomic mass is 9.75. The zero-order chi connectivity index (χ0) is 56.5. The molecule has 1 amide bonds. The number of aliphatic hydroxyl groups is 5. The van der Waals surface area contributed by atoms with Crippen LogP contribution in [0.2, 0.25) is 0 Å². The molecule has 0 radical (unpaired) electrons. The van der Waals surface area contributed by atoms with Crippen LogP contribution in [-0.4, -0.2) is 191 Å². The van der Waals surface area contributed by atoms with Gasteiger partial charge in [-0.1, -0.05) is 57.2 Å². The number of aliphatic hydroxyl groups excluding tert-OH is 2. The normalized spacial score (nSPS) is 38.5. The lowest BCUT2D eigenvalue weighted by Crippen LogP contribution is -2.70. The van der Waals surface area contributed by atoms with Gasteiger partial charge in [-0.15, -0.1) is 11.3 Å². The van der Waals surface area contributed by atoms with Crippen LogP contribution in [0.3, 0.4) is 0 Å². The lowest BCUT2D eigenvalue weighted by Gasteiger charge is -2.53. The number of likely N-dealkylation sites (N-methyl/N-ethyl adjacent to an activating group) is 2. The number of ether oxygens (including phenoxy) is 6. The summed E-state index contributed by atoms with van der Waals surface area (Å²) >= 11 is 1.44. The second-order valence-electron chi connectivity index (χ2n) is 23.5. The minimum absolute atomic E-state index is 0.00723. The van der Waals surface area contributed by atoms with Gasteiger partial charge in [-0.05, 0) is 113 Å². The SMILES string of the molecule is CC[C@H]1OC(=O)[C@H](C)[C@@H](O[C@H]2C[C@@](C)(OC)[C@@](O)(CNCCNC(=O)c3cc4c(s3)-c3ccccc3Nc3ccccc3-4)[C@H](C)O2)[C@H](C)[C@@H](O[C@@H]2O[C@H](C)C[C@H](N(C)C)[C@H]2O)[C@](C)(O)C[C@@H](C)CN(C)[C@H](C)[C@@H](O)[C@]1(C)O. The van der Waals surface area contributed by atoms with Crippen molar-refractivity contribution in [3.63, 3.8) is 0 Å². The number of benzene rings is 2. The van der Waals surface area contributed by atoms with E-state index < -0.39 is 95.5 Å². The van der Waals surface area contributed by atoms with Crippen LogP contribution in [0.1, 0.15) is 105 Å². The number of nitrogens with one attached hydrogen (secondary N) is 3. The highest BCUT2D eigenvalue weighted by Gasteiger charge is 2.58. The number of rotatable bonds is 13. The Kier molecular flexibility index (Phi) is 19.5. The van der Waals surface area contributed by atoms with Crippen LogP contribution in [0.15, 0.2) is 54.6 Å². The molecule has 0 bridgehead atoms. The first kappa shape index (κ1) is 61.0. The standard InChI is InChI=1S/C58H89N5O13S/c1-15-45-57(10,69)50(65)36(6)63(13)30-32(2)28-55(8,68)51(76-54-47(64)43(62(11)12)26-33(3)72-54)34(4)48(35(5)53(67)74-45)75-46-29-56(9,71-14)58(70,37(7)73-46)31-59-24-25-60-52(66)44-27-40-38-20-16-18-22-41(38)61-42-23-19-17-21-39(42)49(40)77-44/h16-23,27,32-37,43,45-48,50-51,54,59,61,64-65,68-70H,15,24-26,28-31H2,1-14H3,(H,60,66)/t32-,33-,34+,35-,36-,37+,43+,45-,46+,47-,48+,50-,51-,54+,55-,56-,57-,58-/m1/s1. The van der Waals surface area contributed by atoms with E-state index in [0.717, 1.165) is 32.9 Å². The fourth-order valence-electron chi connectivity index (χ4n) is 12.4. The molecule has 430 valence electrons. The molecule has 4 aliphatic rings. The highest BCUT2D eigenvalue weighted by Crippen LogP contribution is 2.49. The molecule has 77 heavy (non-hydrogen) atoms. The van der Waals surface area contributed by atoms with Crippen LogP contribution in [0.5, 0.6) is 0 Å². The van der Waals surface area contributed by atoms with E-state index in [-0.39, 0.29) is 56.3 Å². The van der Waals surface area contributed by atoms with E-state index in [1.807, 2.05) is 94.2 Å². The molecular weight excluding hydrogens is 1010 g/mol. The molecule has 18 atom stereocenters. The Labute approximate surface area is 460 Å². The number of carbonyl (C=O) groups excluding carboxylic acids is 2. The second-order valence-corrected chi connectivity index (χ2v) is 24.6. The van der Waals surface area contributed by atoms with Gasteiger partial charge in [0, 0.05) is 90.7 Å². The van der Waals surface area contributed by atoms with Crippen molar-refractivity contribution in [3.8, 4) is 21.6 Å². The number of carbonyl (C=O) groups is 2. The van der Waals surface area contributed by atoms with Crippen molar-refractivity contribution in [2.45, 2.75) is 185 Å². The Morgan fingerprint density at radius 1 is 0.909 bits per heavy atom. The minimum Gasteiger partial charge on any atom is -0.459 e. The van der Waals surface area contributed by atoms with Crippen molar-refractivity contribution in [2.75, 3.05) is 59.7 Å². The summed E-state index contributed by atoms with van der Waals surface area (Å²) in [6, 6.07) is 17.2. The van der Waals surface area contributed by atoms with Gasteiger partial charge >= 0.3 is 5.97 Å². The molecule has 0 spiro atoms. The van der Waals surface area contributed by atoms with Gasteiger partial charge in [0.05, 0.1) is 40.8 Å². The monoisotopic (exact) mass is 1100 g/mol. The predicted octanol–water partition coefficient (Wildman–Crippen LogP) is 5.74. The number of anilines is 2. The molecule has 1 aromatic heterocycles. The molecule has 0 saturated carbocycles. The van der Waals surface area contributed by atoms with Crippen LogP contribution in [0.4, 0.5) is 11.4 Å². The average Bonchev–Trinajstić information content (AvgIpc) is 3.80. The van der Waals surface area contributed by atoms with E-state index in [4.69, 9.17) is 28.4 Å². The van der Waals surface area contributed by atoms with Crippen molar-refractivity contribution < 1.29 is 63.5 Å². The number of amides is 1. The summed E-state index contributed by atoms with van der Waals surface area (Å²) in [5.74, 6) is -3.07. The summed E-state index contributed by atoms with van der Waals surface area (Å²) in [6.45, 7) is 18.6. The molecule has 2 aromatic carbocycles. The first-order valence-electron chi connectivity index (χ1n) is 27.5. The third-order valence-corrected chi connectivity index (χ3v) is 18.4. The number of nitrogens with zero attached hydrogens (tertiary/aromatic N) is 2. The predicted molar refractivity (Wildman–Crippen MR) is 297 cm³/mol. The van der Waals surface area contributed by atoms with Crippen molar-refractivity contribution >= 4 is 34.6 Å². The molecule has 3 saturated heterocycles. The van der Waals surface area contributed by atoms with Crippen LogP contribution < -0.4 is 16.0 Å². The zero-order valence-electron chi connectivity index (χ0n) is 47.7. The molecule has 3 aromatic rings. The van der Waals surface area contributed by atoms with Crippen molar-refractivity contribution in [3.05, 3.63) is 59.5 Å². The maximum absolute atomic E-state index is 14.7. The molecule has 19 heteroatoms. The van der Waals surface area contributed by atoms with Crippen molar-refractivity contribution in [1.29, 1.82) is 0 Å². The number of thiophene rings is 1. The fraction of sp³-hybridized carbons (Fsp3) is 0.690. The van der Waals surface area contributed by atoms with Gasteiger partial charge in [-0.25, -0.2) is 0 Å². The number of hydrogen-bond donors (Lipinski definition) is 8. The van der Waals surface area contributed by atoms with Crippen LogP contribution in [0, 0.1) is 17.8 Å². The van der Waals surface area contributed by atoms with Gasteiger partial charge in [0.15, 0.2) is 12.6 Å². The Morgan fingerprint density at radius 3 is 2.21 bits per heavy atom. The first-order valence-corrected chi connectivity index (χ1v) is 28.3. The van der Waals surface area contributed by atoms with Crippen molar-refractivity contribution in [1.82, 2.24) is 20.4 Å². The Hall–Kier alpha value is -3.64. The second kappa shape index (κ2) is 24.6. The van der Waals surface area contributed by atoms with E-state index in [0.29, 0.717) is 24.4 Å². The summed E-state index contributed by atoms with van der Waals surface area (Å²) < 4.78 is 39.0. The summed E-state index contributed by atoms with van der Waals surface area (Å²) in [4.78, 5) is 33.8. The summed E-state index contributed by atoms with van der Waals surface area (Å²) in [5, 5.41) is 70.8. The van der Waals surface area contributed by atoms with Gasteiger partial charge < -0.3 is 79.7 Å². The van der Waals surface area contributed by atoms with E-state index in [9.17, 15) is 35.1 Å². The van der Waals surface area contributed by atoms with Crippen molar-refractivity contribution in [2.24, 2.45) is 17.8 Å². The van der Waals surface area contributed by atoms with Gasteiger partial charge in [0.1, 0.15) is 35.1 Å². The molecule has 5 heterocycles. The summed E-state index contributed by atoms with van der Waals surface area (Å²) in [7, 11) is 7.10. The van der Waals surface area contributed by atoms with Gasteiger partial charge in [0.2, 0.25) is 0 Å². The molecule has 3 fully saturated rings. The quantitative estimate of drug-likeness (QED) is 0.0589. The number of hydrogen-bond acceptors (Lipinski definition) is 18. The van der Waals surface area contributed by atoms with Gasteiger partial charge in [-0.2, -0.15) is 0 Å². The van der Waals surface area contributed by atoms with Crippen LogP contribution in [-0.2, 0) is 33.2 Å². The van der Waals surface area contributed by atoms with Gasteiger partial charge in [-0.3, -0.25) is 9.59 Å². The Balaban J connectivity index is 1.11. The smallest absolute Gasteiger partial charge is 0.311 e. The van der Waals surface area contributed by atoms with E-state index in [2.05, 4.69) is 28.1 Å². The highest BCUT2D eigenvalue weighted by atomic mass is 32.1. The van der Waals surface area contributed by atoms with E-state index in [1.165, 1.54) is 25.4 Å². The summed E-state index contributed by atoms with van der Waals surface area (Å²) in [5.41, 5.74) is -1.46. The number of methoxy groups -OCH3 is 1. The Bertz CT molecular complexity index is 2410. The molecule has 4 aliphatic heterocycles. The lowest BCUT2D eigenvalue weighted by molar-refractivity contribution is -0.336. The van der Waals surface area contributed by atoms with Gasteiger partial charge in [0.25, 0.3) is 5.91 Å². The number of fused-ring (bicyclic) bond motifs is 5. The number of cyclic esters (lactones) is 1.